The maximum absolute atomic E-state index is 11.3. The van der Waals surface area contributed by atoms with Crippen LogP contribution in [0.2, 0.25) is 0 Å². The van der Waals surface area contributed by atoms with Crippen LogP contribution in [0.3, 0.4) is 0 Å². The largest absolute Gasteiger partial charge is 0.289 e. The van der Waals surface area contributed by atoms with E-state index >= 15 is 0 Å². The normalized spacial score (nSPS) is 14.5. The maximum Gasteiger partial charge on any atom is 0.187 e. The van der Waals surface area contributed by atoms with E-state index in [-0.39, 0.29) is 5.78 Å². The Bertz CT molecular complexity index is 391. The molecule has 12 heavy (non-hydrogen) atoms. The van der Waals surface area contributed by atoms with Gasteiger partial charge in [-0.15, -0.1) is 0 Å². The Hall–Kier alpha value is -0.890. The van der Waals surface area contributed by atoms with Crippen molar-refractivity contribution < 1.29 is 4.79 Å². The van der Waals surface area contributed by atoms with Crippen molar-refractivity contribution in [3.63, 3.8) is 0 Å². The quantitative estimate of drug-likeness (QED) is 0.660. The van der Waals surface area contributed by atoms with Gasteiger partial charge in [-0.3, -0.25) is 4.79 Å². The molecule has 2 heteroatoms. The summed E-state index contributed by atoms with van der Waals surface area (Å²) in [6.45, 7) is 2.02. The van der Waals surface area contributed by atoms with Crippen molar-refractivity contribution in [1.29, 1.82) is 0 Å². The van der Waals surface area contributed by atoms with E-state index in [9.17, 15) is 4.79 Å². The van der Waals surface area contributed by atoms with Gasteiger partial charge in [-0.05, 0) is 6.92 Å². The zero-order valence-corrected chi connectivity index (χ0v) is 8.18. The van der Waals surface area contributed by atoms with Crippen LogP contribution in [-0.4, -0.2) is 5.78 Å². The van der Waals surface area contributed by atoms with Crippen molar-refractivity contribution in [2.45, 2.75) is 6.92 Å². The summed E-state index contributed by atoms with van der Waals surface area (Å²) in [5.74, 6) is 0.0943. The van der Waals surface area contributed by atoms with E-state index in [2.05, 4.69) is 15.9 Å². The molecule has 1 nitrogen and oxygen atoms in total. The van der Waals surface area contributed by atoms with E-state index in [1.807, 2.05) is 25.1 Å². The van der Waals surface area contributed by atoms with Crippen LogP contribution in [0.5, 0.6) is 0 Å². The molecule has 0 saturated heterocycles. The average Bonchev–Trinajstić information content (AvgIpc) is 2.28. The van der Waals surface area contributed by atoms with E-state index in [1.165, 1.54) is 5.56 Å². The van der Waals surface area contributed by atoms with Gasteiger partial charge in [0.15, 0.2) is 5.78 Å². The molecule has 0 N–H and O–H groups in total. The number of hydrogen-bond donors (Lipinski definition) is 0. The first-order valence-electron chi connectivity index (χ1n) is 3.71. The number of ketones is 1. The molecule has 0 radical (unpaired) electrons. The third kappa shape index (κ3) is 1.03. The first-order valence-corrected chi connectivity index (χ1v) is 4.50. The monoisotopic (exact) mass is 222 g/mol. The zero-order valence-electron chi connectivity index (χ0n) is 6.60. The Balaban J connectivity index is 2.69. The molecule has 0 bridgehead atoms. The van der Waals surface area contributed by atoms with Crippen LogP contribution in [0.4, 0.5) is 0 Å². The lowest BCUT2D eigenvalue weighted by atomic mass is 10.1. The molecule has 0 aliphatic heterocycles. The predicted molar refractivity (Wildman–Crippen MR) is 52.4 cm³/mol. The molecular formula is C10H7BrO. The number of halogens is 1. The number of fused-ring (bicyclic) bond motifs is 1. The molecular weight excluding hydrogens is 216 g/mol. The van der Waals surface area contributed by atoms with Crippen LogP contribution in [-0.2, 0) is 0 Å². The van der Waals surface area contributed by atoms with Gasteiger partial charge in [-0.2, -0.15) is 0 Å². The molecule has 0 unspecified atom stereocenters. The molecule has 0 amide bonds. The summed E-state index contributed by atoms with van der Waals surface area (Å²) in [5, 5.41) is 0. The van der Waals surface area contributed by atoms with E-state index in [1.54, 1.807) is 6.08 Å². The zero-order chi connectivity index (χ0) is 8.72. The van der Waals surface area contributed by atoms with E-state index < -0.39 is 0 Å². The Morgan fingerprint density at radius 2 is 2.00 bits per heavy atom. The van der Waals surface area contributed by atoms with Crippen LogP contribution in [0.25, 0.3) is 4.48 Å². The van der Waals surface area contributed by atoms with Gasteiger partial charge in [0, 0.05) is 21.7 Å². The fraction of sp³-hybridized carbons (Fsp3) is 0.100. The topological polar surface area (TPSA) is 17.1 Å². The summed E-state index contributed by atoms with van der Waals surface area (Å²) in [4.78, 5) is 11.3. The van der Waals surface area contributed by atoms with Gasteiger partial charge in [-0.1, -0.05) is 39.7 Å². The molecule has 2 rings (SSSR count). The van der Waals surface area contributed by atoms with Crippen molar-refractivity contribution in [2.24, 2.45) is 0 Å². The van der Waals surface area contributed by atoms with Gasteiger partial charge in [0.05, 0.1) is 0 Å². The van der Waals surface area contributed by atoms with E-state index in [0.29, 0.717) is 0 Å². The summed E-state index contributed by atoms with van der Waals surface area (Å²) < 4.78 is 0.895. The molecule has 0 heterocycles. The summed E-state index contributed by atoms with van der Waals surface area (Å²) >= 11 is 3.35. The minimum Gasteiger partial charge on any atom is -0.289 e. The van der Waals surface area contributed by atoms with Gasteiger partial charge in [0.25, 0.3) is 0 Å². The second kappa shape index (κ2) is 2.56. The molecule has 0 fully saturated rings. The van der Waals surface area contributed by atoms with E-state index in [0.717, 1.165) is 15.6 Å². The third-order valence-corrected chi connectivity index (χ3v) is 2.61. The number of hydrogen-bond acceptors (Lipinski definition) is 1. The number of carbonyl (C=O) groups is 1. The van der Waals surface area contributed by atoms with E-state index in [4.69, 9.17) is 0 Å². The van der Waals surface area contributed by atoms with Crippen molar-refractivity contribution in [1.82, 2.24) is 0 Å². The van der Waals surface area contributed by atoms with Crippen LogP contribution >= 0.6 is 15.9 Å². The first kappa shape index (κ1) is 7.74. The Labute approximate surface area is 79.2 Å². The minimum absolute atomic E-state index is 0.0943. The summed E-state index contributed by atoms with van der Waals surface area (Å²) in [6, 6.07) is 5.84. The third-order valence-electron chi connectivity index (χ3n) is 1.96. The highest BCUT2D eigenvalue weighted by molar-refractivity contribution is 9.15. The van der Waals surface area contributed by atoms with Crippen molar-refractivity contribution in [3.05, 3.63) is 41.0 Å². The number of benzene rings is 1. The highest BCUT2D eigenvalue weighted by Crippen LogP contribution is 2.32. The Morgan fingerprint density at radius 1 is 1.25 bits per heavy atom. The molecule has 1 aliphatic rings. The Morgan fingerprint density at radius 3 is 2.75 bits per heavy atom. The predicted octanol–water partition coefficient (Wildman–Crippen LogP) is 2.93. The van der Waals surface area contributed by atoms with Gasteiger partial charge in [-0.25, -0.2) is 0 Å². The van der Waals surface area contributed by atoms with Crippen molar-refractivity contribution >= 4 is 26.2 Å². The summed E-state index contributed by atoms with van der Waals surface area (Å²) in [7, 11) is 0. The minimum atomic E-state index is 0.0943. The highest BCUT2D eigenvalue weighted by Gasteiger charge is 2.18. The molecule has 1 aliphatic carbocycles. The molecule has 0 spiro atoms. The van der Waals surface area contributed by atoms with Gasteiger partial charge >= 0.3 is 0 Å². The molecule has 0 saturated carbocycles. The van der Waals surface area contributed by atoms with Crippen LogP contribution in [0, 0.1) is 6.92 Å². The van der Waals surface area contributed by atoms with Crippen LogP contribution < -0.4 is 0 Å². The Kier molecular flexibility index (Phi) is 1.65. The second-order valence-corrected chi connectivity index (χ2v) is 3.76. The summed E-state index contributed by atoms with van der Waals surface area (Å²) in [5.41, 5.74) is 2.99. The molecule has 60 valence electrons. The number of rotatable bonds is 0. The lowest BCUT2D eigenvalue weighted by molar-refractivity contribution is 0.105. The summed E-state index contributed by atoms with van der Waals surface area (Å²) in [6.07, 6.45) is 1.62. The van der Waals surface area contributed by atoms with Gasteiger partial charge < -0.3 is 0 Å². The number of carbonyl (C=O) groups excluding carboxylic acids is 1. The van der Waals surface area contributed by atoms with Gasteiger partial charge in [0.2, 0.25) is 0 Å². The lowest BCUT2D eigenvalue weighted by Gasteiger charge is -1.99. The van der Waals surface area contributed by atoms with Crippen LogP contribution in [0.1, 0.15) is 21.5 Å². The first-order chi connectivity index (χ1) is 5.68. The smallest absolute Gasteiger partial charge is 0.187 e. The molecule has 0 aromatic heterocycles. The SMILES string of the molecule is Cc1ccc2c(c1)C(Br)=CC2=O. The van der Waals surface area contributed by atoms with Crippen molar-refractivity contribution in [3.8, 4) is 0 Å². The van der Waals surface area contributed by atoms with Crippen LogP contribution in [0.15, 0.2) is 24.3 Å². The maximum atomic E-state index is 11.3. The fourth-order valence-electron chi connectivity index (χ4n) is 1.34. The molecule has 1 aromatic rings. The molecule has 1 aromatic carbocycles. The highest BCUT2D eigenvalue weighted by atomic mass is 79.9. The molecule has 0 atom stereocenters. The number of allylic oxidation sites excluding steroid dienone is 1. The average molecular weight is 223 g/mol. The lowest BCUT2D eigenvalue weighted by Crippen LogP contribution is -1.90. The van der Waals surface area contributed by atoms with Crippen molar-refractivity contribution in [2.75, 3.05) is 0 Å². The van der Waals surface area contributed by atoms with Gasteiger partial charge in [0.1, 0.15) is 0 Å². The number of aryl methyl sites for hydroxylation is 1. The fourth-order valence-corrected chi connectivity index (χ4v) is 1.88. The second-order valence-electron chi connectivity index (χ2n) is 2.91. The standard InChI is InChI=1S/C10H7BrO/c1-6-2-3-7-8(4-6)9(11)5-10(7)12/h2-5H,1H3.